The largest absolute Gasteiger partial charge is 0.463 e. The Hall–Kier alpha value is -1.84. The fourth-order valence-corrected chi connectivity index (χ4v) is 1.67. The molecular weight excluding hydrogens is 256 g/mol. The molecule has 0 aromatic heterocycles. The number of hydrogen-bond donors (Lipinski definition) is 0. The molecule has 0 radical (unpaired) electrons. The minimum absolute atomic E-state index is 0.381. The lowest BCUT2D eigenvalue weighted by molar-refractivity contribution is -0.153. The van der Waals surface area contributed by atoms with Crippen LogP contribution in [0, 0.1) is 0 Å². The predicted molar refractivity (Wildman–Crippen MR) is 76.4 cm³/mol. The number of ether oxygens (including phenoxy) is 2. The molecule has 0 fully saturated rings. The van der Waals surface area contributed by atoms with E-state index in [9.17, 15) is 9.59 Å². The third kappa shape index (κ3) is 5.87. The van der Waals surface area contributed by atoms with Crippen molar-refractivity contribution in [2.24, 2.45) is 0 Å². The van der Waals surface area contributed by atoms with Crippen molar-refractivity contribution in [3.05, 3.63) is 35.9 Å². The average Bonchev–Trinajstić information content (AvgIpc) is 2.47. The van der Waals surface area contributed by atoms with Crippen LogP contribution < -0.4 is 0 Å². The topological polar surface area (TPSA) is 52.6 Å². The zero-order valence-corrected chi connectivity index (χ0v) is 12.1. The van der Waals surface area contributed by atoms with E-state index < -0.39 is 18.0 Å². The Bertz CT molecular complexity index is 414. The van der Waals surface area contributed by atoms with Gasteiger partial charge in [-0.1, -0.05) is 44.4 Å². The highest BCUT2D eigenvalue weighted by Gasteiger charge is 2.19. The van der Waals surface area contributed by atoms with Gasteiger partial charge in [0.1, 0.15) is 0 Å². The van der Waals surface area contributed by atoms with Gasteiger partial charge in [0.25, 0.3) is 0 Å². The first kappa shape index (κ1) is 16.2. The fourth-order valence-electron chi connectivity index (χ4n) is 1.67. The standard InChI is InChI=1S/C16H22O4/c1-3-4-5-9-12-19-15(17)13(2)20-16(18)14-10-7-6-8-11-14/h6-8,10-11,13H,3-5,9,12H2,1-2H3/t13-/m0/s1. The summed E-state index contributed by atoms with van der Waals surface area (Å²) in [5.74, 6) is -1.01. The van der Waals surface area contributed by atoms with Crippen molar-refractivity contribution in [1.29, 1.82) is 0 Å². The Morgan fingerprint density at radius 1 is 1.10 bits per heavy atom. The molecule has 0 saturated carbocycles. The van der Waals surface area contributed by atoms with Crippen molar-refractivity contribution in [2.45, 2.75) is 45.6 Å². The number of unbranched alkanes of at least 4 members (excludes halogenated alkanes) is 3. The van der Waals surface area contributed by atoms with E-state index in [2.05, 4.69) is 6.92 Å². The van der Waals surface area contributed by atoms with Crippen LogP contribution >= 0.6 is 0 Å². The van der Waals surface area contributed by atoms with Crippen LogP contribution in [0.15, 0.2) is 30.3 Å². The molecule has 4 nitrogen and oxygen atoms in total. The molecule has 0 unspecified atom stereocenters. The van der Waals surface area contributed by atoms with Gasteiger partial charge in [-0.25, -0.2) is 9.59 Å². The Kier molecular flexibility index (Phi) is 7.40. The first-order chi connectivity index (χ1) is 9.65. The lowest BCUT2D eigenvalue weighted by atomic mass is 10.2. The van der Waals surface area contributed by atoms with Crippen molar-refractivity contribution >= 4 is 11.9 Å². The second-order valence-corrected chi connectivity index (χ2v) is 4.64. The van der Waals surface area contributed by atoms with E-state index in [4.69, 9.17) is 9.47 Å². The van der Waals surface area contributed by atoms with Crippen LogP contribution in [0.5, 0.6) is 0 Å². The van der Waals surface area contributed by atoms with Crippen LogP contribution in [0.2, 0.25) is 0 Å². The van der Waals surface area contributed by atoms with Crippen molar-refractivity contribution in [3.63, 3.8) is 0 Å². The van der Waals surface area contributed by atoms with Crippen molar-refractivity contribution in [2.75, 3.05) is 6.61 Å². The van der Waals surface area contributed by atoms with Crippen LogP contribution in [-0.2, 0) is 14.3 Å². The number of hydrogen-bond acceptors (Lipinski definition) is 4. The van der Waals surface area contributed by atoms with E-state index in [1.54, 1.807) is 24.3 Å². The van der Waals surface area contributed by atoms with Gasteiger partial charge in [0.05, 0.1) is 12.2 Å². The van der Waals surface area contributed by atoms with Crippen LogP contribution in [0.25, 0.3) is 0 Å². The molecule has 0 aliphatic carbocycles. The number of carbonyl (C=O) groups is 2. The normalized spacial score (nSPS) is 11.7. The molecule has 0 heterocycles. The van der Waals surface area contributed by atoms with Gasteiger partial charge in [0, 0.05) is 0 Å². The summed E-state index contributed by atoms with van der Waals surface area (Å²) in [5, 5.41) is 0. The molecule has 1 aromatic rings. The van der Waals surface area contributed by atoms with Gasteiger partial charge in [0.15, 0.2) is 6.10 Å². The fraction of sp³-hybridized carbons (Fsp3) is 0.500. The lowest BCUT2D eigenvalue weighted by Gasteiger charge is -2.12. The van der Waals surface area contributed by atoms with E-state index in [1.807, 2.05) is 6.07 Å². The van der Waals surface area contributed by atoms with Gasteiger partial charge in [-0.2, -0.15) is 0 Å². The monoisotopic (exact) mass is 278 g/mol. The molecular formula is C16H22O4. The van der Waals surface area contributed by atoms with E-state index in [-0.39, 0.29) is 0 Å². The molecule has 0 aliphatic heterocycles. The summed E-state index contributed by atoms with van der Waals surface area (Å²) in [6.45, 7) is 4.03. The van der Waals surface area contributed by atoms with E-state index in [0.717, 1.165) is 25.7 Å². The van der Waals surface area contributed by atoms with Gasteiger partial charge < -0.3 is 9.47 Å². The maximum absolute atomic E-state index is 11.7. The average molecular weight is 278 g/mol. The Morgan fingerprint density at radius 3 is 2.45 bits per heavy atom. The zero-order chi connectivity index (χ0) is 14.8. The second-order valence-electron chi connectivity index (χ2n) is 4.64. The molecule has 0 N–H and O–H groups in total. The zero-order valence-electron chi connectivity index (χ0n) is 12.1. The quantitative estimate of drug-likeness (QED) is 0.540. The van der Waals surface area contributed by atoms with Crippen molar-refractivity contribution in [3.8, 4) is 0 Å². The van der Waals surface area contributed by atoms with Gasteiger partial charge in [-0.05, 0) is 25.5 Å². The van der Waals surface area contributed by atoms with Crippen molar-refractivity contribution in [1.82, 2.24) is 0 Å². The molecule has 1 rings (SSSR count). The summed E-state index contributed by atoms with van der Waals surface area (Å²) in [5.41, 5.74) is 0.426. The molecule has 0 saturated heterocycles. The van der Waals surface area contributed by atoms with Gasteiger partial charge >= 0.3 is 11.9 Å². The van der Waals surface area contributed by atoms with Gasteiger partial charge in [0.2, 0.25) is 0 Å². The lowest BCUT2D eigenvalue weighted by Crippen LogP contribution is -2.26. The highest BCUT2D eigenvalue weighted by atomic mass is 16.6. The van der Waals surface area contributed by atoms with Gasteiger partial charge in [-0.15, -0.1) is 0 Å². The SMILES string of the molecule is CCCCCCOC(=O)[C@H](C)OC(=O)c1ccccc1. The van der Waals surface area contributed by atoms with Gasteiger partial charge in [-0.3, -0.25) is 0 Å². The Balaban J connectivity index is 2.29. The number of esters is 2. The summed E-state index contributed by atoms with van der Waals surface area (Å²) in [4.78, 5) is 23.4. The second kappa shape index (κ2) is 9.13. The summed E-state index contributed by atoms with van der Waals surface area (Å²) in [7, 11) is 0. The molecule has 0 bridgehead atoms. The van der Waals surface area contributed by atoms with Crippen LogP contribution in [0.1, 0.15) is 49.9 Å². The molecule has 20 heavy (non-hydrogen) atoms. The minimum Gasteiger partial charge on any atom is -0.463 e. The number of rotatable bonds is 8. The molecule has 4 heteroatoms. The van der Waals surface area contributed by atoms with Crippen LogP contribution in [0.4, 0.5) is 0 Å². The van der Waals surface area contributed by atoms with Crippen LogP contribution in [0.3, 0.4) is 0 Å². The highest BCUT2D eigenvalue weighted by Crippen LogP contribution is 2.06. The van der Waals surface area contributed by atoms with E-state index in [1.165, 1.54) is 6.92 Å². The summed E-state index contributed by atoms with van der Waals surface area (Å²) in [6, 6.07) is 8.58. The smallest absolute Gasteiger partial charge is 0.347 e. The molecule has 1 aromatic carbocycles. The van der Waals surface area contributed by atoms with Crippen LogP contribution in [-0.4, -0.2) is 24.6 Å². The maximum Gasteiger partial charge on any atom is 0.347 e. The third-order valence-corrected chi connectivity index (χ3v) is 2.87. The number of benzene rings is 1. The van der Waals surface area contributed by atoms with E-state index in [0.29, 0.717) is 12.2 Å². The molecule has 0 spiro atoms. The molecule has 110 valence electrons. The Morgan fingerprint density at radius 2 is 1.80 bits per heavy atom. The first-order valence-electron chi connectivity index (χ1n) is 7.07. The third-order valence-electron chi connectivity index (χ3n) is 2.87. The highest BCUT2D eigenvalue weighted by molar-refractivity contribution is 5.91. The maximum atomic E-state index is 11.7. The first-order valence-corrected chi connectivity index (χ1v) is 7.07. The molecule has 0 aliphatic rings. The minimum atomic E-state index is -0.881. The predicted octanol–water partition coefficient (Wildman–Crippen LogP) is 3.36. The molecule has 0 amide bonds. The van der Waals surface area contributed by atoms with Crippen molar-refractivity contribution < 1.29 is 19.1 Å². The van der Waals surface area contributed by atoms with E-state index >= 15 is 0 Å². The number of carbonyl (C=O) groups excluding carboxylic acids is 2. The summed E-state index contributed by atoms with van der Waals surface area (Å²) < 4.78 is 10.1. The summed E-state index contributed by atoms with van der Waals surface area (Å²) in [6.07, 6.45) is 3.28. The Labute approximate surface area is 120 Å². The molecule has 1 atom stereocenters. The summed E-state index contributed by atoms with van der Waals surface area (Å²) >= 11 is 0.